The highest BCUT2D eigenvalue weighted by Gasteiger charge is 2.09. The number of unbranched alkanes of at least 4 members (excludes halogenated alkanes) is 5. The van der Waals surface area contributed by atoms with E-state index in [4.69, 9.17) is 5.11 Å². The number of benzene rings is 1. The highest BCUT2D eigenvalue weighted by molar-refractivity contribution is 8.41. The molecule has 0 radical (unpaired) electrons. The molecule has 0 bridgehead atoms. The Hall–Kier alpha value is -0.450. The van der Waals surface area contributed by atoms with Gasteiger partial charge >= 0.3 is 0 Å². The van der Waals surface area contributed by atoms with Gasteiger partial charge in [0, 0.05) is 18.1 Å². The van der Waals surface area contributed by atoms with Gasteiger partial charge in [-0.2, -0.15) is 0 Å². The molecule has 0 saturated carbocycles. The maximum absolute atomic E-state index is 8.72. The first-order valence-electron chi connectivity index (χ1n) is 7.92. The molecule has 2 rings (SSSR count). The Labute approximate surface area is 136 Å². The summed E-state index contributed by atoms with van der Waals surface area (Å²) in [6.07, 6.45) is 8.40. The average molecular weight is 324 g/mol. The van der Waals surface area contributed by atoms with E-state index in [1.54, 1.807) is 0 Å². The smallest absolute Gasteiger partial charge is 0.130 e. The van der Waals surface area contributed by atoms with Gasteiger partial charge in [-0.3, -0.25) is 0 Å². The second kappa shape index (κ2) is 10.3. The summed E-state index contributed by atoms with van der Waals surface area (Å²) in [7, 11) is 0. The van der Waals surface area contributed by atoms with Crippen LogP contribution in [0.2, 0.25) is 0 Å². The third kappa shape index (κ3) is 6.90. The molecule has 1 aromatic rings. The number of hydrogen-bond acceptors (Lipinski definition) is 4. The molecule has 1 fully saturated rings. The number of rotatable bonds is 9. The van der Waals surface area contributed by atoms with Crippen LogP contribution in [0.4, 0.5) is 5.69 Å². The first kappa shape index (κ1) is 16.9. The number of nitrogens with zero attached hydrogens (tertiary/aromatic N) is 1. The van der Waals surface area contributed by atoms with Crippen molar-refractivity contribution in [2.75, 3.05) is 18.1 Å². The van der Waals surface area contributed by atoms with Crippen LogP contribution in [0.5, 0.6) is 0 Å². The number of hydrogen-bond donors (Lipinski definition) is 1. The van der Waals surface area contributed by atoms with Crippen LogP contribution in [-0.2, 0) is 6.42 Å². The van der Waals surface area contributed by atoms with Gasteiger partial charge in [-0.15, -0.1) is 0 Å². The van der Waals surface area contributed by atoms with E-state index in [0.29, 0.717) is 6.61 Å². The maximum Gasteiger partial charge on any atom is 0.130 e. The minimum absolute atomic E-state index is 0.341. The van der Waals surface area contributed by atoms with Gasteiger partial charge in [-0.05, 0) is 37.0 Å². The molecule has 1 N–H and O–H groups in total. The Morgan fingerprint density at radius 2 is 1.48 bits per heavy atom. The zero-order chi connectivity index (χ0) is 14.8. The number of aryl methyl sites for hydroxylation is 1. The molecule has 0 atom stereocenters. The average Bonchev–Trinajstić information content (AvgIpc) is 3.01. The van der Waals surface area contributed by atoms with Gasteiger partial charge in [0.15, 0.2) is 0 Å². The molecule has 1 heterocycles. The lowest BCUT2D eigenvalue weighted by molar-refractivity contribution is 0.282. The fourth-order valence-corrected chi connectivity index (χ4v) is 4.54. The van der Waals surface area contributed by atoms with Crippen molar-refractivity contribution in [3.8, 4) is 0 Å². The van der Waals surface area contributed by atoms with Gasteiger partial charge in [0.1, 0.15) is 4.38 Å². The van der Waals surface area contributed by atoms with Crippen LogP contribution in [0.15, 0.2) is 29.3 Å². The van der Waals surface area contributed by atoms with E-state index in [2.05, 4.69) is 29.3 Å². The van der Waals surface area contributed by atoms with Gasteiger partial charge in [-0.1, -0.05) is 61.3 Å². The standard InChI is InChI=1S/C17H25NOS2/c19-12-6-4-2-1-3-5-7-15-8-10-16(11-9-15)18-17-20-13-14-21-17/h8-11,19H,1-7,12-14H2. The van der Waals surface area contributed by atoms with E-state index < -0.39 is 0 Å². The number of aliphatic imine (C=N–C) groups is 1. The molecule has 21 heavy (non-hydrogen) atoms. The zero-order valence-corrected chi connectivity index (χ0v) is 14.2. The van der Waals surface area contributed by atoms with Crippen LogP contribution in [0.1, 0.15) is 44.1 Å². The molecule has 0 aliphatic carbocycles. The van der Waals surface area contributed by atoms with Gasteiger partial charge in [0.25, 0.3) is 0 Å². The van der Waals surface area contributed by atoms with Gasteiger partial charge in [0.2, 0.25) is 0 Å². The van der Waals surface area contributed by atoms with E-state index in [9.17, 15) is 0 Å². The molecule has 0 aromatic heterocycles. The zero-order valence-electron chi connectivity index (χ0n) is 12.6. The minimum atomic E-state index is 0.341. The van der Waals surface area contributed by atoms with Crippen LogP contribution in [0.3, 0.4) is 0 Å². The van der Waals surface area contributed by atoms with Crippen molar-refractivity contribution in [2.45, 2.75) is 44.9 Å². The van der Waals surface area contributed by atoms with Crippen LogP contribution < -0.4 is 0 Å². The van der Waals surface area contributed by atoms with Gasteiger partial charge in [0.05, 0.1) is 5.69 Å². The molecule has 1 aliphatic rings. The van der Waals surface area contributed by atoms with Crippen molar-refractivity contribution in [3.63, 3.8) is 0 Å². The molecule has 4 heteroatoms. The SMILES string of the molecule is OCCCCCCCCc1ccc(N=C2SCCS2)cc1. The molecule has 0 spiro atoms. The molecular formula is C17H25NOS2. The third-order valence-electron chi connectivity index (χ3n) is 3.56. The van der Waals surface area contributed by atoms with Crippen molar-refractivity contribution in [2.24, 2.45) is 4.99 Å². The Bertz CT molecular complexity index is 423. The van der Waals surface area contributed by atoms with Crippen molar-refractivity contribution in [1.82, 2.24) is 0 Å². The van der Waals surface area contributed by atoms with E-state index in [1.165, 1.54) is 60.0 Å². The lowest BCUT2D eigenvalue weighted by Gasteiger charge is -2.03. The lowest BCUT2D eigenvalue weighted by atomic mass is 10.0. The summed E-state index contributed by atoms with van der Waals surface area (Å²) in [6, 6.07) is 8.72. The van der Waals surface area contributed by atoms with Crippen LogP contribution in [0, 0.1) is 0 Å². The van der Waals surface area contributed by atoms with Crippen molar-refractivity contribution in [1.29, 1.82) is 0 Å². The summed E-state index contributed by atoms with van der Waals surface area (Å²) in [5, 5.41) is 8.72. The fourth-order valence-electron chi connectivity index (χ4n) is 2.35. The summed E-state index contributed by atoms with van der Waals surface area (Å²) in [5.74, 6) is 2.39. The Morgan fingerprint density at radius 3 is 2.14 bits per heavy atom. The van der Waals surface area contributed by atoms with Crippen molar-refractivity contribution in [3.05, 3.63) is 29.8 Å². The highest BCUT2D eigenvalue weighted by Crippen LogP contribution is 2.29. The van der Waals surface area contributed by atoms with E-state index in [0.717, 1.165) is 12.1 Å². The number of aliphatic hydroxyl groups is 1. The molecule has 0 unspecified atom stereocenters. The highest BCUT2D eigenvalue weighted by atomic mass is 32.2. The first-order chi connectivity index (χ1) is 10.4. The Balaban J connectivity index is 1.64. The predicted molar refractivity (Wildman–Crippen MR) is 96.9 cm³/mol. The quantitative estimate of drug-likeness (QED) is 0.647. The monoisotopic (exact) mass is 323 g/mol. The molecular weight excluding hydrogens is 298 g/mol. The summed E-state index contributed by atoms with van der Waals surface area (Å²) in [5.41, 5.74) is 2.50. The normalized spacial score (nSPS) is 14.6. The largest absolute Gasteiger partial charge is 0.396 e. The second-order valence-electron chi connectivity index (χ2n) is 5.34. The van der Waals surface area contributed by atoms with Crippen LogP contribution in [0.25, 0.3) is 0 Å². The van der Waals surface area contributed by atoms with Crippen molar-refractivity contribution < 1.29 is 5.11 Å². The fraction of sp³-hybridized carbons (Fsp3) is 0.588. The van der Waals surface area contributed by atoms with E-state index in [-0.39, 0.29) is 0 Å². The molecule has 1 aromatic carbocycles. The third-order valence-corrected chi connectivity index (χ3v) is 6.02. The Kier molecular flexibility index (Phi) is 8.30. The lowest BCUT2D eigenvalue weighted by Crippen LogP contribution is -1.87. The topological polar surface area (TPSA) is 32.6 Å². The maximum atomic E-state index is 8.72. The molecule has 2 nitrogen and oxygen atoms in total. The van der Waals surface area contributed by atoms with Crippen molar-refractivity contribution >= 4 is 33.6 Å². The summed E-state index contributed by atoms with van der Waals surface area (Å²) in [6.45, 7) is 0.341. The van der Waals surface area contributed by atoms with Gasteiger partial charge in [-0.25, -0.2) is 4.99 Å². The first-order valence-corrected chi connectivity index (χ1v) is 9.90. The number of thioether (sulfide) groups is 2. The molecule has 1 saturated heterocycles. The summed E-state index contributed by atoms with van der Waals surface area (Å²) in [4.78, 5) is 4.66. The van der Waals surface area contributed by atoms with Gasteiger partial charge < -0.3 is 5.11 Å². The van der Waals surface area contributed by atoms with Crippen LogP contribution in [-0.4, -0.2) is 27.6 Å². The van der Waals surface area contributed by atoms with E-state index >= 15 is 0 Å². The molecule has 116 valence electrons. The second-order valence-corrected chi connectivity index (χ2v) is 7.76. The summed E-state index contributed by atoms with van der Waals surface area (Å²) < 4.78 is 1.21. The predicted octanol–water partition coefficient (Wildman–Crippen LogP) is 5.03. The minimum Gasteiger partial charge on any atom is -0.396 e. The van der Waals surface area contributed by atoms with E-state index in [1.807, 2.05) is 23.5 Å². The van der Waals surface area contributed by atoms with Crippen LogP contribution >= 0.6 is 23.5 Å². The molecule has 1 aliphatic heterocycles. The Morgan fingerprint density at radius 1 is 0.857 bits per heavy atom. The molecule has 0 amide bonds. The summed E-state index contributed by atoms with van der Waals surface area (Å²) >= 11 is 3.73. The number of aliphatic hydroxyl groups excluding tert-OH is 1.